The molecule has 4 nitrogen and oxygen atoms in total. The van der Waals surface area contributed by atoms with Gasteiger partial charge in [0, 0.05) is 5.02 Å². The molecule has 0 bridgehead atoms. The van der Waals surface area contributed by atoms with Crippen LogP contribution in [-0.2, 0) is 4.79 Å². The van der Waals surface area contributed by atoms with Gasteiger partial charge in [-0.25, -0.2) is 0 Å². The maximum Gasteiger partial charge on any atom is 0.262 e. The van der Waals surface area contributed by atoms with E-state index in [2.05, 4.69) is 26.6 Å². The van der Waals surface area contributed by atoms with Gasteiger partial charge in [-0.2, -0.15) is 0 Å². The zero-order chi connectivity index (χ0) is 17.7. The lowest BCUT2D eigenvalue weighted by Gasteiger charge is -2.21. The Kier molecular flexibility index (Phi) is 6.83. The van der Waals surface area contributed by atoms with Gasteiger partial charge in [-0.05, 0) is 59.1 Å². The molecule has 0 fully saturated rings. The maximum absolute atomic E-state index is 12.4. The lowest BCUT2D eigenvalue weighted by atomic mass is 10.0. The van der Waals surface area contributed by atoms with Crippen LogP contribution in [0.4, 0.5) is 0 Å². The monoisotopic (exact) mass is 428 g/mol. The molecule has 1 aromatic heterocycles. The van der Waals surface area contributed by atoms with E-state index < -0.39 is 6.04 Å². The molecular formula is C17H18BrClN2O2S. The van der Waals surface area contributed by atoms with Crippen LogP contribution in [0.2, 0.25) is 5.02 Å². The molecule has 2 aromatic rings. The highest BCUT2D eigenvalue weighted by Crippen LogP contribution is 2.22. The van der Waals surface area contributed by atoms with Crippen LogP contribution in [0.25, 0.3) is 0 Å². The average Bonchev–Trinajstić information content (AvgIpc) is 3.00. The predicted molar refractivity (Wildman–Crippen MR) is 102 cm³/mol. The minimum absolute atomic E-state index is 0.120. The van der Waals surface area contributed by atoms with Crippen molar-refractivity contribution in [2.45, 2.75) is 32.4 Å². The van der Waals surface area contributed by atoms with Gasteiger partial charge in [-0.15, -0.1) is 11.3 Å². The van der Waals surface area contributed by atoms with Crippen LogP contribution in [0, 0.1) is 0 Å². The molecule has 2 amide bonds. The number of hydrogen-bond donors (Lipinski definition) is 2. The summed E-state index contributed by atoms with van der Waals surface area (Å²) in [4.78, 5) is 25.0. The number of thiophene rings is 1. The van der Waals surface area contributed by atoms with E-state index in [1.165, 1.54) is 11.3 Å². The number of hydrogen-bond acceptors (Lipinski definition) is 3. The molecule has 7 heteroatoms. The van der Waals surface area contributed by atoms with Crippen molar-refractivity contribution < 1.29 is 9.59 Å². The van der Waals surface area contributed by atoms with E-state index in [1.807, 2.05) is 19.1 Å². The van der Waals surface area contributed by atoms with Crippen molar-refractivity contribution in [2.24, 2.45) is 0 Å². The second-order valence-electron chi connectivity index (χ2n) is 5.32. The van der Waals surface area contributed by atoms with E-state index in [0.717, 1.165) is 15.8 Å². The standard InChI is InChI=1S/C17H18BrClN2O2S/c1-3-13(11-4-6-12(19)7-5-11)21-16(22)10(2)20-17(23)14-8-9-15(18)24-14/h4-10,13H,3H2,1-2H3,(H,20,23)(H,21,22). The Labute approximate surface area is 158 Å². The fourth-order valence-corrected chi connectivity index (χ4v) is 3.60. The van der Waals surface area contributed by atoms with Gasteiger partial charge in [-0.3, -0.25) is 9.59 Å². The molecular weight excluding hydrogens is 412 g/mol. The first-order valence-corrected chi connectivity index (χ1v) is 9.51. The second-order valence-corrected chi connectivity index (χ2v) is 8.22. The van der Waals surface area contributed by atoms with Gasteiger partial charge in [0.2, 0.25) is 5.91 Å². The summed E-state index contributed by atoms with van der Waals surface area (Å²) in [5.74, 6) is -0.478. The molecule has 1 aromatic carbocycles. The van der Waals surface area contributed by atoms with Crippen LogP contribution in [0.15, 0.2) is 40.2 Å². The SMILES string of the molecule is CCC(NC(=O)C(C)NC(=O)c1ccc(Br)s1)c1ccc(Cl)cc1. The molecule has 1 heterocycles. The Morgan fingerprint density at radius 1 is 1.17 bits per heavy atom. The van der Waals surface area contributed by atoms with Crippen molar-refractivity contribution in [2.75, 3.05) is 0 Å². The zero-order valence-electron chi connectivity index (χ0n) is 13.3. The van der Waals surface area contributed by atoms with Gasteiger partial charge < -0.3 is 10.6 Å². The molecule has 0 radical (unpaired) electrons. The van der Waals surface area contributed by atoms with Gasteiger partial charge >= 0.3 is 0 Å². The highest BCUT2D eigenvalue weighted by atomic mass is 79.9. The number of rotatable bonds is 6. The largest absolute Gasteiger partial charge is 0.348 e. The summed E-state index contributed by atoms with van der Waals surface area (Å²) in [5.41, 5.74) is 0.982. The van der Waals surface area contributed by atoms with Crippen LogP contribution in [0.3, 0.4) is 0 Å². The maximum atomic E-state index is 12.4. The van der Waals surface area contributed by atoms with Crippen molar-refractivity contribution in [1.29, 1.82) is 0 Å². The molecule has 0 spiro atoms. The summed E-state index contributed by atoms with van der Waals surface area (Å²) in [6.07, 6.45) is 0.742. The fourth-order valence-electron chi connectivity index (χ4n) is 2.18. The Bertz CT molecular complexity index is 718. The first-order valence-electron chi connectivity index (χ1n) is 7.52. The molecule has 0 saturated carbocycles. The van der Waals surface area contributed by atoms with Crippen LogP contribution >= 0.6 is 38.9 Å². The Hall–Kier alpha value is -1.37. The molecule has 24 heavy (non-hydrogen) atoms. The van der Waals surface area contributed by atoms with E-state index >= 15 is 0 Å². The average molecular weight is 430 g/mol. The molecule has 0 aliphatic heterocycles. The fraction of sp³-hybridized carbons (Fsp3) is 0.294. The predicted octanol–water partition coefficient (Wildman–Crippen LogP) is 4.55. The quantitative estimate of drug-likeness (QED) is 0.708. The zero-order valence-corrected chi connectivity index (χ0v) is 16.5. The molecule has 2 rings (SSSR count). The number of benzene rings is 1. The summed E-state index contributed by atoms with van der Waals surface area (Å²) in [5, 5.41) is 6.33. The molecule has 0 aliphatic rings. The van der Waals surface area contributed by atoms with Gasteiger partial charge in [0.25, 0.3) is 5.91 Å². The molecule has 0 saturated heterocycles. The summed E-state index contributed by atoms with van der Waals surface area (Å²) >= 11 is 10.5. The van der Waals surface area contributed by atoms with Crippen LogP contribution in [0.5, 0.6) is 0 Å². The lowest BCUT2D eigenvalue weighted by molar-refractivity contribution is -0.123. The Morgan fingerprint density at radius 2 is 1.83 bits per heavy atom. The molecule has 2 N–H and O–H groups in total. The van der Waals surface area contributed by atoms with Crippen molar-refractivity contribution in [3.8, 4) is 0 Å². The van der Waals surface area contributed by atoms with E-state index in [0.29, 0.717) is 9.90 Å². The molecule has 0 aliphatic carbocycles. The number of halogens is 2. The summed E-state index contributed by atoms with van der Waals surface area (Å²) in [6, 6.07) is 10.2. The Balaban J connectivity index is 1.96. The molecule has 128 valence electrons. The number of carbonyl (C=O) groups is 2. The van der Waals surface area contributed by atoms with Crippen LogP contribution < -0.4 is 10.6 Å². The number of nitrogens with one attached hydrogen (secondary N) is 2. The lowest BCUT2D eigenvalue weighted by Crippen LogP contribution is -2.45. The normalized spacial score (nSPS) is 13.2. The summed E-state index contributed by atoms with van der Waals surface area (Å²) < 4.78 is 0.874. The highest BCUT2D eigenvalue weighted by Gasteiger charge is 2.20. The second kappa shape index (κ2) is 8.65. The van der Waals surface area contributed by atoms with Gasteiger partial charge in [-0.1, -0.05) is 30.7 Å². The van der Waals surface area contributed by atoms with Gasteiger partial charge in [0.1, 0.15) is 6.04 Å². The van der Waals surface area contributed by atoms with Crippen molar-refractivity contribution in [1.82, 2.24) is 10.6 Å². The van der Waals surface area contributed by atoms with Gasteiger partial charge in [0.05, 0.1) is 14.7 Å². The van der Waals surface area contributed by atoms with Crippen molar-refractivity contribution in [3.05, 3.63) is 55.6 Å². The third kappa shape index (κ3) is 5.06. The summed E-state index contributed by atoms with van der Waals surface area (Å²) in [6.45, 7) is 3.66. The topological polar surface area (TPSA) is 58.2 Å². The van der Waals surface area contributed by atoms with E-state index in [4.69, 9.17) is 11.6 Å². The molecule has 2 unspecified atom stereocenters. The van der Waals surface area contributed by atoms with Crippen LogP contribution in [0.1, 0.15) is 41.5 Å². The first-order chi connectivity index (χ1) is 11.4. The van der Waals surface area contributed by atoms with E-state index in [1.54, 1.807) is 31.2 Å². The van der Waals surface area contributed by atoms with Crippen molar-refractivity contribution >= 4 is 50.7 Å². The number of carbonyl (C=O) groups excluding carboxylic acids is 2. The van der Waals surface area contributed by atoms with E-state index in [-0.39, 0.29) is 17.9 Å². The van der Waals surface area contributed by atoms with Crippen LogP contribution in [-0.4, -0.2) is 17.9 Å². The molecule has 2 atom stereocenters. The third-order valence-electron chi connectivity index (χ3n) is 3.53. The van der Waals surface area contributed by atoms with E-state index in [9.17, 15) is 9.59 Å². The van der Waals surface area contributed by atoms with Crippen molar-refractivity contribution in [3.63, 3.8) is 0 Å². The van der Waals surface area contributed by atoms with Gasteiger partial charge in [0.15, 0.2) is 0 Å². The number of amides is 2. The minimum atomic E-state index is -0.625. The highest BCUT2D eigenvalue weighted by molar-refractivity contribution is 9.11. The Morgan fingerprint density at radius 3 is 2.38 bits per heavy atom. The smallest absolute Gasteiger partial charge is 0.262 e. The summed E-state index contributed by atoms with van der Waals surface area (Å²) in [7, 11) is 0. The minimum Gasteiger partial charge on any atom is -0.348 e. The third-order valence-corrected chi connectivity index (χ3v) is 5.41. The first kappa shape index (κ1) is 19.0.